The van der Waals surface area contributed by atoms with Crippen molar-refractivity contribution >= 4 is 17.9 Å². The van der Waals surface area contributed by atoms with Crippen LogP contribution < -0.4 is 0 Å². The van der Waals surface area contributed by atoms with Gasteiger partial charge < -0.3 is 19.5 Å². The van der Waals surface area contributed by atoms with Crippen LogP contribution in [0.5, 0.6) is 0 Å². The highest BCUT2D eigenvalue weighted by Crippen LogP contribution is 2.19. The maximum atomic E-state index is 12.7. The van der Waals surface area contributed by atoms with Crippen molar-refractivity contribution in [1.82, 2.24) is 4.90 Å². The highest BCUT2D eigenvalue weighted by molar-refractivity contribution is 5.69. The zero-order valence-electron chi connectivity index (χ0n) is 35.6. The first-order valence-corrected chi connectivity index (χ1v) is 23.2. The lowest BCUT2D eigenvalue weighted by Gasteiger charge is -2.21. The van der Waals surface area contributed by atoms with E-state index in [4.69, 9.17) is 9.47 Å². The summed E-state index contributed by atoms with van der Waals surface area (Å²) in [5.41, 5.74) is 0. The Labute approximate surface area is 328 Å². The van der Waals surface area contributed by atoms with E-state index in [0.29, 0.717) is 26.0 Å². The maximum absolute atomic E-state index is 12.7. The van der Waals surface area contributed by atoms with E-state index < -0.39 is 5.97 Å². The van der Waals surface area contributed by atoms with Gasteiger partial charge in [0.05, 0.1) is 13.0 Å². The Hall–Kier alpha value is -1.63. The van der Waals surface area contributed by atoms with Gasteiger partial charge >= 0.3 is 17.9 Å². The van der Waals surface area contributed by atoms with E-state index in [1.54, 1.807) is 0 Å². The Bertz CT molecular complexity index is 805. The van der Waals surface area contributed by atoms with Gasteiger partial charge in [0.25, 0.3) is 0 Å². The van der Waals surface area contributed by atoms with Gasteiger partial charge in [-0.15, -0.1) is 0 Å². The first kappa shape index (κ1) is 51.4. The summed E-state index contributed by atoms with van der Waals surface area (Å²) in [6.45, 7) is 9.77. The summed E-state index contributed by atoms with van der Waals surface area (Å²) in [6, 6.07) is 0. The fourth-order valence-electron chi connectivity index (χ4n) is 7.17. The number of nitrogens with zero attached hydrogens (tertiary/aromatic N) is 1. The van der Waals surface area contributed by atoms with Crippen molar-refractivity contribution in [2.24, 2.45) is 0 Å². The third-order valence-corrected chi connectivity index (χ3v) is 10.7. The molecule has 0 heterocycles. The van der Waals surface area contributed by atoms with Gasteiger partial charge in [0.2, 0.25) is 0 Å². The molecule has 0 rings (SSSR count). The van der Waals surface area contributed by atoms with E-state index in [1.165, 1.54) is 116 Å². The lowest BCUT2D eigenvalue weighted by atomic mass is 10.0. The SMILES string of the molecule is CCCCCCCCCOC(=O)CCCCCCCN(CCCCCCCC(=O)OC(CCCCCCCC)CCCCCCCCC)CCC(=O)O. The Kier molecular flexibility index (Phi) is 40.3. The fourth-order valence-corrected chi connectivity index (χ4v) is 7.17. The Morgan fingerprint density at radius 2 is 0.811 bits per heavy atom. The molecule has 0 fully saturated rings. The molecule has 1 atom stereocenters. The van der Waals surface area contributed by atoms with Crippen LogP contribution in [-0.4, -0.2) is 60.3 Å². The topological polar surface area (TPSA) is 93.1 Å². The second-order valence-electron chi connectivity index (χ2n) is 15.9. The lowest BCUT2D eigenvalue weighted by Crippen LogP contribution is -2.28. The first-order chi connectivity index (χ1) is 25.9. The minimum atomic E-state index is -0.739. The van der Waals surface area contributed by atoms with Crippen molar-refractivity contribution in [1.29, 1.82) is 0 Å². The molecule has 0 saturated heterocycles. The zero-order chi connectivity index (χ0) is 38.9. The van der Waals surface area contributed by atoms with E-state index in [0.717, 1.165) is 103 Å². The molecular weight excluding hydrogens is 663 g/mol. The average molecular weight is 752 g/mol. The summed E-state index contributed by atoms with van der Waals surface area (Å²) >= 11 is 0. The molecule has 0 amide bonds. The number of carboxylic acids is 1. The summed E-state index contributed by atoms with van der Waals surface area (Å²) in [5, 5.41) is 9.23. The number of hydrogen-bond donors (Lipinski definition) is 1. The van der Waals surface area contributed by atoms with Gasteiger partial charge in [-0.2, -0.15) is 0 Å². The van der Waals surface area contributed by atoms with Crippen LogP contribution in [0.2, 0.25) is 0 Å². The lowest BCUT2D eigenvalue weighted by molar-refractivity contribution is -0.150. The van der Waals surface area contributed by atoms with E-state index in [9.17, 15) is 19.5 Å². The number of carbonyl (C=O) groups is 3. The molecule has 314 valence electrons. The molecule has 0 aromatic heterocycles. The molecule has 0 aliphatic carbocycles. The van der Waals surface area contributed by atoms with Crippen molar-refractivity contribution in [3.8, 4) is 0 Å². The molecular formula is C46H89NO6. The van der Waals surface area contributed by atoms with E-state index in [-0.39, 0.29) is 24.5 Å². The van der Waals surface area contributed by atoms with Crippen molar-refractivity contribution in [3.05, 3.63) is 0 Å². The van der Waals surface area contributed by atoms with Gasteiger partial charge in [-0.25, -0.2) is 0 Å². The summed E-state index contributed by atoms with van der Waals surface area (Å²) in [4.78, 5) is 38.3. The Balaban J connectivity index is 4.13. The van der Waals surface area contributed by atoms with Crippen LogP contribution in [0, 0.1) is 0 Å². The summed E-state index contributed by atoms with van der Waals surface area (Å²) < 4.78 is 11.4. The zero-order valence-corrected chi connectivity index (χ0v) is 35.6. The van der Waals surface area contributed by atoms with E-state index in [2.05, 4.69) is 25.7 Å². The highest BCUT2D eigenvalue weighted by Gasteiger charge is 2.14. The van der Waals surface area contributed by atoms with Crippen LogP contribution in [0.3, 0.4) is 0 Å². The van der Waals surface area contributed by atoms with Gasteiger partial charge in [0.15, 0.2) is 0 Å². The molecule has 53 heavy (non-hydrogen) atoms. The van der Waals surface area contributed by atoms with Crippen LogP contribution in [-0.2, 0) is 23.9 Å². The molecule has 0 aromatic carbocycles. The number of rotatable bonds is 43. The minimum absolute atomic E-state index is 0.0116. The molecule has 0 aliphatic rings. The van der Waals surface area contributed by atoms with Gasteiger partial charge in [0, 0.05) is 19.4 Å². The monoisotopic (exact) mass is 752 g/mol. The molecule has 0 saturated carbocycles. The number of carboxylic acid groups (broad SMARTS) is 1. The van der Waals surface area contributed by atoms with E-state index >= 15 is 0 Å². The molecule has 7 heteroatoms. The molecule has 0 spiro atoms. The number of hydrogen-bond acceptors (Lipinski definition) is 6. The molecule has 7 nitrogen and oxygen atoms in total. The summed E-state index contributed by atoms with van der Waals surface area (Å²) in [6.07, 6.45) is 38.9. The smallest absolute Gasteiger partial charge is 0.306 e. The number of carbonyl (C=O) groups excluding carboxylic acids is 2. The van der Waals surface area contributed by atoms with Crippen molar-refractivity contribution < 1.29 is 29.0 Å². The third-order valence-electron chi connectivity index (χ3n) is 10.7. The van der Waals surface area contributed by atoms with Crippen molar-refractivity contribution in [3.63, 3.8) is 0 Å². The van der Waals surface area contributed by atoms with Crippen molar-refractivity contribution in [2.75, 3.05) is 26.2 Å². The predicted molar refractivity (Wildman–Crippen MR) is 224 cm³/mol. The first-order valence-electron chi connectivity index (χ1n) is 23.2. The van der Waals surface area contributed by atoms with Gasteiger partial charge in [-0.1, -0.05) is 168 Å². The Morgan fingerprint density at radius 1 is 0.434 bits per heavy atom. The average Bonchev–Trinajstić information content (AvgIpc) is 3.14. The van der Waals surface area contributed by atoms with Gasteiger partial charge in [-0.3, -0.25) is 14.4 Å². The molecule has 1 unspecified atom stereocenters. The predicted octanol–water partition coefficient (Wildman–Crippen LogP) is 13.5. The van der Waals surface area contributed by atoms with Gasteiger partial charge in [0.1, 0.15) is 6.10 Å². The standard InChI is InChI=1S/C46H89NO6/c1-4-7-10-13-16-21-28-35-43(34-27-20-15-12-9-6-3)53-46(51)37-30-23-19-25-32-40-47(41-38-44(48)49)39-31-24-18-22-29-36-45(50)52-42-33-26-17-14-11-8-5-2/h43H,4-42H2,1-3H3,(H,48,49). The Morgan fingerprint density at radius 3 is 1.26 bits per heavy atom. The van der Waals surface area contributed by atoms with Crippen LogP contribution in [0.4, 0.5) is 0 Å². The molecule has 1 N–H and O–H groups in total. The molecule has 0 aromatic rings. The van der Waals surface area contributed by atoms with Crippen LogP contribution >= 0.6 is 0 Å². The fraction of sp³-hybridized carbons (Fsp3) is 0.935. The molecule has 0 bridgehead atoms. The molecule has 0 radical (unpaired) electrons. The third kappa shape index (κ3) is 39.9. The number of esters is 2. The molecule has 0 aliphatic heterocycles. The second kappa shape index (κ2) is 41.5. The van der Waals surface area contributed by atoms with Crippen molar-refractivity contribution in [2.45, 2.75) is 252 Å². The number of ether oxygens (including phenoxy) is 2. The maximum Gasteiger partial charge on any atom is 0.306 e. The largest absolute Gasteiger partial charge is 0.481 e. The minimum Gasteiger partial charge on any atom is -0.481 e. The van der Waals surface area contributed by atoms with Crippen LogP contribution in [0.1, 0.15) is 245 Å². The number of unbranched alkanes of at least 4 members (excludes halogenated alkanes) is 25. The quantitative estimate of drug-likeness (QED) is 0.0490. The highest BCUT2D eigenvalue weighted by atomic mass is 16.5. The number of aliphatic carboxylic acids is 1. The van der Waals surface area contributed by atoms with Crippen LogP contribution in [0.25, 0.3) is 0 Å². The second-order valence-corrected chi connectivity index (χ2v) is 15.9. The normalized spacial score (nSPS) is 12.0. The van der Waals surface area contributed by atoms with E-state index in [1.807, 2.05) is 0 Å². The van der Waals surface area contributed by atoms with Crippen LogP contribution in [0.15, 0.2) is 0 Å². The summed E-state index contributed by atoms with van der Waals surface area (Å²) in [7, 11) is 0. The van der Waals surface area contributed by atoms with Gasteiger partial charge in [-0.05, 0) is 70.9 Å². The summed E-state index contributed by atoms with van der Waals surface area (Å²) in [5.74, 6) is -0.808.